The van der Waals surface area contributed by atoms with Gasteiger partial charge in [-0.15, -0.1) is 0 Å². The minimum Gasteiger partial charge on any atom is -0.466 e. The van der Waals surface area contributed by atoms with Crippen molar-refractivity contribution < 1.29 is 19.1 Å². The zero-order chi connectivity index (χ0) is 14.4. The van der Waals surface area contributed by atoms with Gasteiger partial charge in [0.2, 0.25) is 0 Å². The number of alkyl carbamates (subject to hydrolysis) is 1. The number of hydrogen-bond donors (Lipinski definition) is 2. The fourth-order valence-corrected chi connectivity index (χ4v) is 1.34. The first-order valence-corrected chi connectivity index (χ1v) is 6.03. The van der Waals surface area contributed by atoms with Crippen molar-refractivity contribution >= 4 is 12.1 Å². The van der Waals surface area contributed by atoms with Gasteiger partial charge in [0.25, 0.3) is 0 Å². The molecule has 3 N–H and O–H groups in total. The van der Waals surface area contributed by atoms with E-state index in [0.717, 1.165) is 6.42 Å². The molecular formula is C12H24N2O4. The van der Waals surface area contributed by atoms with Crippen LogP contribution in [-0.2, 0) is 14.3 Å². The van der Waals surface area contributed by atoms with Crippen LogP contribution in [0.5, 0.6) is 0 Å². The normalized spacial score (nSPS) is 14.6. The van der Waals surface area contributed by atoms with E-state index in [2.05, 4.69) is 10.1 Å². The molecule has 0 heterocycles. The highest BCUT2D eigenvalue weighted by Crippen LogP contribution is 2.13. The Labute approximate surface area is 108 Å². The van der Waals surface area contributed by atoms with Gasteiger partial charge in [0, 0.05) is 0 Å². The average molecular weight is 260 g/mol. The van der Waals surface area contributed by atoms with Crippen LogP contribution in [0.15, 0.2) is 0 Å². The van der Waals surface area contributed by atoms with E-state index in [9.17, 15) is 9.59 Å². The minimum atomic E-state index is -1.53. The van der Waals surface area contributed by atoms with E-state index in [1.54, 1.807) is 20.8 Å². The molecule has 18 heavy (non-hydrogen) atoms. The number of amides is 1. The van der Waals surface area contributed by atoms with Crippen LogP contribution in [0.1, 0.15) is 47.0 Å². The second-order valence-electron chi connectivity index (χ2n) is 5.19. The van der Waals surface area contributed by atoms with Gasteiger partial charge in [-0.05, 0) is 33.6 Å². The number of nitrogens with two attached hydrogens (primary N) is 1. The van der Waals surface area contributed by atoms with Crippen molar-refractivity contribution in [3.8, 4) is 0 Å². The fraction of sp³-hybridized carbons (Fsp3) is 0.833. The third kappa shape index (κ3) is 5.86. The molecule has 0 aliphatic rings. The van der Waals surface area contributed by atoms with Crippen molar-refractivity contribution in [2.24, 2.45) is 5.73 Å². The van der Waals surface area contributed by atoms with Crippen molar-refractivity contribution in [2.75, 3.05) is 7.11 Å². The summed E-state index contributed by atoms with van der Waals surface area (Å²) in [7, 11) is 1.23. The molecule has 0 aliphatic carbocycles. The fourth-order valence-electron chi connectivity index (χ4n) is 1.34. The van der Waals surface area contributed by atoms with Gasteiger partial charge in [0.15, 0.2) is 5.66 Å². The molecule has 1 amide bonds. The van der Waals surface area contributed by atoms with Gasteiger partial charge >= 0.3 is 12.1 Å². The summed E-state index contributed by atoms with van der Waals surface area (Å²) in [5.74, 6) is -0.679. The van der Waals surface area contributed by atoms with Crippen molar-refractivity contribution in [3.63, 3.8) is 0 Å². The van der Waals surface area contributed by atoms with Crippen LogP contribution in [0.2, 0.25) is 0 Å². The maximum absolute atomic E-state index is 11.6. The molecule has 0 spiro atoms. The Bertz CT molecular complexity index is 299. The predicted molar refractivity (Wildman–Crippen MR) is 67.8 cm³/mol. The zero-order valence-electron chi connectivity index (χ0n) is 11.8. The molecule has 0 bridgehead atoms. The number of carbonyl (C=O) groups excluding carboxylic acids is 2. The Morgan fingerprint density at radius 3 is 2.22 bits per heavy atom. The largest absolute Gasteiger partial charge is 0.466 e. The average Bonchev–Trinajstić information content (AvgIpc) is 2.22. The highest BCUT2D eigenvalue weighted by molar-refractivity contribution is 5.85. The summed E-state index contributed by atoms with van der Waals surface area (Å²) >= 11 is 0. The molecule has 0 aromatic rings. The third-order valence-electron chi connectivity index (χ3n) is 2.20. The smallest absolute Gasteiger partial charge is 0.409 e. The predicted octanol–water partition coefficient (Wildman–Crippen LogP) is 1.53. The van der Waals surface area contributed by atoms with Gasteiger partial charge in [0.05, 0.1) is 7.11 Å². The highest BCUT2D eigenvalue weighted by atomic mass is 16.6. The molecule has 106 valence electrons. The lowest BCUT2D eigenvalue weighted by Crippen LogP contribution is -2.62. The summed E-state index contributed by atoms with van der Waals surface area (Å²) in [4.78, 5) is 23.3. The summed E-state index contributed by atoms with van der Waals surface area (Å²) in [6.45, 7) is 7.16. The Morgan fingerprint density at radius 1 is 1.28 bits per heavy atom. The molecule has 1 atom stereocenters. The SMILES string of the molecule is CCCCC(N)(NC(=O)OC(C)(C)C)C(=O)OC. The maximum Gasteiger partial charge on any atom is 0.409 e. The van der Waals surface area contributed by atoms with E-state index in [0.29, 0.717) is 12.8 Å². The zero-order valence-corrected chi connectivity index (χ0v) is 11.8. The van der Waals surface area contributed by atoms with E-state index < -0.39 is 23.3 Å². The molecule has 0 saturated heterocycles. The number of carbonyl (C=O) groups is 2. The lowest BCUT2D eigenvalue weighted by Gasteiger charge is -2.29. The second-order valence-corrected chi connectivity index (χ2v) is 5.19. The number of methoxy groups -OCH3 is 1. The van der Waals surface area contributed by atoms with Gasteiger partial charge in [0.1, 0.15) is 5.60 Å². The number of nitrogens with one attached hydrogen (secondary N) is 1. The van der Waals surface area contributed by atoms with E-state index >= 15 is 0 Å². The van der Waals surface area contributed by atoms with E-state index in [1.165, 1.54) is 7.11 Å². The van der Waals surface area contributed by atoms with Crippen LogP contribution in [-0.4, -0.2) is 30.4 Å². The quantitative estimate of drug-likeness (QED) is 0.578. The van der Waals surface area contributed by atoms with Crippen molar-refractivity contribution in [1.82, 2.24) is 5.32 Å². The first kappa shape index (κ1) is 16.7. The van der Waals surface area contributed by atoms with Crippen LogP contribution in [0.3, 0.4) is 0 Å². The number of unbranched alkanes of at least 4 members (excludes halogenated alkanes) is 1. The van der Waals surface area contributed by atoms with Crippen LogP contribution in [0.25, 0.3) is 0 Å². The second kappa shape index (κ2) is 6.58. The molecule has 1 unspecified atom stereocenters. The van der Waals surface area contributed by atoms with Gasteiger partial charge < -0.3 is 9.47 Å². The summed E-state index contributed by atoms with van der Waals surface area (Å²) in [6, 6.07) is 0. The topological polar surface area (TPSA) is 90.6 Å². The molecule has 6 heteroatoms. The lowest BCUT2D eigenvalue weighted by atomic mass is 10.0. The van der Waals surface area contributed by atoms with E-state index in [1.807, 2.05) is 6.92 Å². The Kier molecular flexibility index (Phi) is 6.11. The molecule has 6 nitrogen and oxygen atoms in total. The van der Waals surface area contributed by atoms with Crippen molar-refractivity contribution in [2.45, 2.75) is 58.2 Å². The molecule has 0 aromatic carbocycles. The van der Waals surface area contributed by atoms with Crippen molar-refractivity contribution in [3.05, 3.63) is 0 Å². The molecule has 0 rings (SSSR count). The number of esters is 1. The van der Waals surface area contributed by atoms with Gasteiger partial charge in [-0.25, -0.2) is 9.59 Å². The Hall–Kier alpha value is -1.30. The first-order chi connectivity index (χ1) is 8.14. The lowest BCUT2D eigenvalue weighted by molar-refractivity contribution is -0.148. The van der Waals surface area contributed by atoms with E-state index in [-0.39, 0.29) is 0 Å². The van der Waals surface area contributed by atoms with E-state index in [4.69, 9.17) is 10.5 Å². The van der Waals surface area contributed by atoms with Crippen LogP contribution >= 0.6 is 0 Å². The van der Waals surface area contributed by atoms with Crippen LogP contribution in [0.4, 0.5) is 4.79 Å². The highest BCUT2D eigenvalue weighted by Gasteiger charge is 2.37. The molecular weight excluding hydrogens is 236 g/mol. The van der Waals surface area contributed by atoms with Gasteiger partial charge in [-0.2, -0.15) is 0 Å². The number of rotatable bonds is 5. The molecule has 0 saturated carbocycles. The minimum absolute atomic E-state index is 0.301. The van der Waals surface area contributed by atoms with Crippen LogP contribution < -0.4 is 11.1 Å². The number of ether oxygens (including phenoxy) is 2. The van der Waals surface area contributed by atoms with Crippen molar-refractivity contribution in [1.29, 1.82) is 0 Å². The van der Waals surface area contributed by atoms with Gasteiger partial charge in [-0.3, -0.25) is 11.1 Å². The maximum atomic E-state index is 11.6. The molecule has 0 aromatic heterocycles. The van der Waals surface area contributed by atoms with Crippen LogP contribution in [0, 0.1) is 0 Å². The summed E-state index contributed by atoms with van der Waals surface area (Å²) in [5, 5.41) is 2.38. The summed E-state index contributed by atoms with van der Waals surface area (Å²) in [5.41, 5.74) is 3.69. The van der Waals surface area contributed by atoms with Gasteiger partial charge in [-0.1, -0.05) is 13.3 Å². The first-order valence-electron chi connectivity index (χ1n) is 6.03. The third-order valence-corrected chi connectivity index (χ3v) is 2.20. The Morgan fingerprint density at radius 2 is 1.83 bits per heavy atom. The summed E-state index contributed by atoms with van der Waals surface area (Å²) in [6.07, 6.45) is 1.12. The number of hydrogen-bond acceptors (Lipinski definition) is 5. The Balaban J connectivity index is 4.69. The summed E-state index contributed by atoms with van der Waals surface area (Å²) < 4.78 is 9.68. The molecule has 0 aliphatic heterocycles. The monoisotopic (exact) mass is 260 g/mol. The molecule has 0 fully saturated rings. The standard InChI is InChI=1S/C12H24N2O4/c1-6-7-8-12(13,9(15)17-5)14-10(16)18-11(2,3)4/h6-8,13H2,1-5H3,(H,14,16). The molecule has 0 radical (unpaired) electrons.